The lowest BCUT2D eigenvalue weighted by atomic mass is 10.2. The van der Waals surface area contributed by atoms with Crippen LogP contribution in [0.5, 0.6) is 0 Å². The minimum atomic E-state index is -0.294. The standard InChI is InChI=1S/C19H17ClN4O2/c1-24-16-8-7-13(20)10-15(16)22-19(24)23-18(26)12-3-2-4-14(9-12)21-17(25)11-5-6-11/h2-4,7-11H,5-6H2,1H3,(H,21,25)(H,22,23,26). The third-order valence-corrected chi connectivity index (χ3v) is 4.64. The van der Waals surface area contributed by atoms with Gasteiger partial charge in [0.1, 0.15) is 0 Å². The molecule has 4 rings (SSSR count). The second-order valence-electron chi connectivity index (χ2n) is 6.43. The summed E-state index contributed by atoms with van der Waals surface area (Å²) in [4.78, 5) is 28.9. The highest BCUT2D eigenvalue weighted by Crippen LogP contribution is 2.30. The van der Waals surface area contributed by atoms with E-state index in [1.54, 1.807) is 41.0 Å². The maximum absolute atomic E-state index is 12.6. The first-order valence-corrected chi connectivity index (χ1v) is 8.73. The number of aromatic nitrogens is 2. The Morgan fingerprint density at radius 3 is 2.73 bits per heavy atom. The van der Waals surface area contributed by atoms with E-state index in [0.717, 1.165) is 18.4 Å². The van der Waals surface area contributed by atoms with Crippen molar-refractivity contribution in [3.63, 3.8) is 0 Å². The minimum absolute atomic E-state index is 0.00906. The molecule has 26 heavy (non-hydrogen) atoms. The zero-order chi connectivity index (χ0) is 18.3. The average molecular weight is 369 g/mol. The van der Waals surface area contributed by atoms with Crippen molar-refractivity contribution in [1.29, 1.82) is 0 Å². The van der Waals surface area contributed by atoms with Gasteiger partial charge in [-0.1, -0.05) is 17.7 Å². The molecule has 2 amide bonds. The molecule has 1 aliphatic rings. The van der Waals surface area contributed by atoms with Crippen LogP contribution >= 0.6 is 11.6 Å². The number of rotatable bonds is 4. The Hall–Kier alpha value is -2.86. The SMILES string of the molecule is Cn1c(NC(=O)c2cccc(NC(=O)C3CC3)c2)nc2cc(Cl)ccc21. The second kappa shape index (κ2) is 6.46. The first-order chi connectivity index (χ1) is 12.5. The van der Waals surface area contributed by atoms with Gasteiger partial charge < -0.3 is 9.88 Å². The van der Waals surface area contributed by atoms with Gasteiger partial charge in [-0.05, 0) is 49.2 Å². The molecule has 6 nitrogen and oxygen atoms in total. The molecule has 2 N–H and O–H groups in total. The van der Waals surface area contributed by atoms with Gasteiger partial charge in [0.15, 0.2) is 0 Å². The van der Waals surface area contributed by atoms with Crippen LogP contribution in [0.2, 0.25) is 5.02 Å². The van der Waals surface area contributed by atoms with Crippen LogP contribution in [0.1, 0.15) is 23.2 Å². The van der Waals surface area contributed by atoms with Crippen LogP contribution in [0.4, 0.5) is 11.6 Å². The Labute approximate surface area is 155 Å². The van der Waals surface area contributed by atoms with Gasteiger partial charge in [-0.25, -0.2) is 4.98 Å². The number of carbonyl (C=O) groups excluding carboxylic acids is 2. The molecule has 1 aromatic heterocycles. The Morgan fingerprint density at radius 1 is 1.15 bits per heavy atom. The molecule has 1 fully saturated rings. The Morgan fingerprint density at radius 2 is 1.96 bits per heavy atom. The summed E-state index contributed by atoms with van der Waals surface area (Å²) in [7, 11) is 1.82. The number of halogens is 1. The topological polar surface area (TPSA) is 76.0 Å². The number of hydrogen-bond acceptors (Lipinski definition) is 3. The number of amides is 2. The van der Waals surface area contributed by atoms with E-state index >= 15 is 0 Å². The largest absolute Gasteiger partial charge is 0.326 e. The summed E-state index contributed by atoms with van der Waals surface area (Å²) >= 11 is 6.00. The highest BCUT2D eigenvalue weighted by molar-refractivity contribution is 6.31. The van der Waals surface area contributed by atoms with Crippen LogP contribution in [0, 0.1) is 5.92 Å². The van der Waals surface area contributed by atoms with Crippen molar-refractivity contribution in [2.45, 2.75) is 12.8 Å². The first-order valence-electron chi connectivity index (χ1n) is 8.35. The number of imidazole rings is 1. The van der Waals surface area contributed by atoms with Crippen LogP contribution in [0.15, 0.2) is 42.5 Å². The number of aryl methyl sites for hydroxylation is 1. The molecule has 0 spiro atoms. The van der Waals surface area contributed by atoms with Crippen molar-refractivity contribution < 1.29 is 9.59 Å². The van der Waals surface area contributed by atoms with Crippen molar-refractivity contribution in [2.24, 2.45) is 13.0 Å². The maximum atomic E-state index is 12.6. The monoisotopic (exact) mass is 368 g/mol. The third-order valence-electron chi connectivity index (χ3n) is 4.41. The quantitative estimate of drug-likeness (QED) is 0.734. The van der Waals surface area contributed by atoms with Gasteiger partial charge in [0.25, 0.3) is 5.91 Å². The highest BCUT2D eigenvalue weighted by Gasteiger charge is 2.29. The second-order valence-corrected chi connectivity index (χ2v) is 6.86. The van der Waals surface area contributed by atoms with Crippen molar-refractivity contribution in [3.8, 4) is 0 Å². The molecule has 0 unspecified atom stereocenters. The van der Waals surface area contributed by atoms with Gasteiger partial charge in [-0.15, -0.1) is 0 Å². The fourth-order valence-electron chi connectivity index (χ4n) is 2.79. The van der Waals surface area contributed by atoms with Crippen molar-refractivity contribution in [3.05, 3.63) is 53.1 Å². The zero-order valence-corrected chi connectivity index (χ0v) is 14.9. The van der Waals surface area contributed by atoms with Crippen LogP contribution in [-0.4, -0.2) is 21.4 Å². The summed E-state index contributed by atoms with van der Waals surface area (Å²) < 4.78 is 1.79. The first kappa shape index (κ1) is 16.6. The number of anilines is 2. The fourth-order valence-corrected chi connectivity index (χ4v) is 2.95. The zero-order valence-electron chi connectivity index (χ0n) is 14.1. The molecule has 0 aliphatic heterocycles. The van der Waals surface area contributed by atoms with Gasteiger partial charge in [0.2, 0.25) is 11.9 Å². The van der Waals surface area contributed by atoms with Crippen molar-refractivity contribution in [1.82, 2.24) is 9.55 Å². The van der Waals surface area contributed by atoms with Crippen molar-refractivity contribution in [2.75, 3.05) is 10.6 Å². The molecule has 1 saturated carbocycles. The fraction of sp³-hybridized carbons (Fsp3) is 0.211. The lowest BCUT2D eigenvalue weighted by molar-refractivity contribution is -0.117. The summed E-state index contributed by atoms with van der Waals surface area (Å²) in [5, 5.41) is 6.25. The molecular formula is C19H17ClN4O2. The van der Waals surface area contributed by atoms with Crippen molar-refractivity contribution >= 4 is 46.1 Å². The Bertz CT molecular complexity index is 1020. The van der Waals surface area contributed by atoms with E-state index in [2.05, 4.69) is 15.6 Å². The van der Waals surface area contributed by atoms with Crippen LogP contribution in [0.3, 0.4) is 0 Å². The average Bonchev–Trinajstić information content (AvgIpc) is 3.42. The van der Waals surface area contributed by atoms with Crippen LogP contribution in [-0.2, 0) is 11.8 Å². The summed E-state index contributed by atoms with van der Waals surface area (Å²) in [6, 6.07) is 12.3. The van der Waals surface area contributed by atoms with Gasteiger partial charge >= 0.3 is 0 Å². The number of nitrogens with zero attached hydrogens (tertiary/aromatic N) is 2. The van der Waals surface area contributed by atoms with E-state index in [-0.39, 0.29) is 17.7 Å². The molecule has 1 aliphatic carbocycles. The van der Waals surface area contributed by atoms with Gasteiger partial charge in [0, 0.05) is 29.2 Å². The molecule has 3 aromatic rings. The summed E-state index contributed by atoms with van der Waals surface area (Å²) in [6.07, 6.45) is 1.87. The molecule has 0 atom stereocenters. The van der Waals surface area contributed by atoms with Crippen LogP contribution in [0.25, 0.3) is 11.0 Å². The number of fused-ring (bicyclic) bond motifs is 1. The minimum Gasteiger partial charge on any atom is -0.326 e. The van der Waals surface area contributed by atoms with E-state index in [9.17, 15) is 9.59 Å². The lowest BCUT2D eigenvalue weighted by Crippen LogP contribution is -2.16. The Kier molecular flexibility index (Phi) is 4.12. The van der Waals surface area contributed by atoms with E-state index < -0.39 is 0 Å². The van der Waals surface area contributed by atoms with E-state index in [0.29, 0.717) is 27.7 Å². The number of carbonyl (C=O) groups is 2. The molecular weight excluding hydrogens is 352 g/mol. The van der Waals surface area contributed by atoms with Crippen LogP contribution < -0.4 is 10.6 Å². The number of nitrogens with one attached hydrogen (secondary N) is 2. The predicted molar refractivity (Wildman–Crippen MR) is 101 cm³/mol. The van der Waals surface area contributed by atoms with E-state index in [1.807, 2.05) is 13.1 Å². The third kappa shape index (κ3) is 3.28. The van der Waals surface area contributed by atoms with Gasteiger partial charge in [-0.3, -0.25) is 14.9 Å². The maximum Gasteiger partial charge on any atom is 0.258 e. The predicted octanol–water partition coefficient (Wildman–Crippen LogP) is 3.83. The molecule has 132 valence electrons. The molecule has 1 heterocycles. The van der Waals surface area contributed by atoms with E-state index in [1.165, 1.54) is 0 Å². The lowest BCUT2D eigenvalue weighted by Gasteiger charge is -2.08. The molecule has 7 heteroatoms. The normalized spacial score (nSPS) is 13.6. The Balaban J connectivity index is 1.54. The smallest absolute Gasteiger partial charge is 0.258 e. The molecule has 0 saturated heterocycles. The number of hydrogen-bond donors (Lipinski definition) is 2. The van der Waals surface area contributed by atoms with Gasteiger partial charge in [-0.2, -0.15) is 0 Å². The van der Waals surface area contributed by atoms with E-state index in [4.69, 9.17) is 11.6 Å². The number of benzene rings is 2. The van der Waals surface area contributed by atoms with Gasteiger partial charge in [0.05, 0.1) is 11.0 Å². The molecule has 0 radical (unpaired) electrons. The molecule has 2 aromatic carbocycles. The highest BCUT2D eigenvalue weighted by atomic mass is 35.5. The summed E-state index contributed by atoms with van der Waals surface area (Å²) in [6.45, 7) is 0. The molecule has 0 bridgehead atoms. The summed E-state index contributed by atoms with van der Waals surface area (Å²) in [5.74, 6) is 0.255. The summed E-state index contributed by atoms with van der Waals surface area (Å²) in [5.41, 5.74) is 2.64.